The zero-order chi connectivity index (χ0) is 14.8. The van der Waals surface area contributed by atoms with Crippen LogP contribution in [0.5, 0.6) is 0 Å². The molecule has 0 fully saturated rings. The second-order valence-electron chi connectivity index (χ2n) is 4.79. The summed E-state index contributed by atoms with van der Waals surface area (Å²) in [7, 11) is 0. The van der Waals surface area contributed by atoms with E-state index in [1.807, 2.05) is 30.3 Å². The molecule has 0 radical (unpaired) electrons. The maximum absolute atomic E-state index is 11.1. The maximum atomic E-state index is 11.1. The van der Waals surface area contributed by atoms with Crippen molar-refractivity contribution in [1.29, 1.82) is 0 Å². The predicted octanol–water partition coefficient (Wildman–Crippen LogP) is 1.86. The molecule has 0 aliphatic carbocycles. The minimum atomic E-state index is -0.176. The lowest BCUT2D eigenvalue weighted by atomic mass is 10.1. The van der Waals surface area contributed by atoms with Gasteiger partial charge in [0.2, 0.25) is 5.91 Å². The van der Waals surface area contributed by atoms with E-state index >= 15 is 0 Å². The summed E-state index contributed by atoms with van der Waals surface area (Å²) in [5.74, 6) is 0.832. The minimum absolute atomic E-state index is 0.176. The molecule has 0 saturated carbocycles. The number of hydrogen-bond donors (Lipinski definition) is 2. The van der Waals surface area contributed by atoms with Crippen LogP contribution in [-0.2, 0) is 11.2 Å². The van der Waals surface area contributed by atoms with Gasteiger partial charge in [0, 0.05) is 13.3 Å². The molecule has 0 saturated heterocycles. The van der Waals surface area contributed by atoms with Crippen molar-refractivity contribution in [2.24, 2.45) is 0 Å². The van der Waals surface area contributed by atoms with Crippen molar-refractivity contribution in [2.75, 3.05) is 11.1 Å². The highest BCUT2D eigenvalue weighted by molar-refractivity contribution is 5.87. The first-order chi connectivity index (χ1) is 10.1. The van der Waals surface area contributed by atoms with E-state index in [0.29, 0.717) is 23.7 Å². The lowest BCUT2D eigenvalue weighted by Gasteiger charge is -2.02. The fourth-order valence-electron chi connectivity index (χ4n) is 2.19. The van der Waals surface area contributed by atoms with Crippen LogP contribution in [-0.4, -0.2) is 20.3 Å². The third-order valence-corrected chi connectivity index (χ3v) is 3.14. The van der Waals surface area contributed by atoms with Crippen LogP contribution in [0.1, 0.15) is 18.2 Å². The summed E-state index contributed by atoms with van der Waals surface area (Å²) in [6.07, 6.45) is 3.92. The van der Waals surface area contributed by atoms with Gasteiger partial charge in [-0.25, -0.2) is 9.97 Å². The quantitative estimate of drug-likeness (QED) is 0.767. The van der Waals surface area contributed by atoms with Gasteiger partial charge in [0.25, 0.3) is 0 Å². The van der Waals surface area contributed by atoms with Gasteiger partial charge in [-0.15, -0.1) is 0 Å². The number of fused-ring (bicyclic) bond motifs is 1. The third kappa shape index (κ3) is 2.69. The van der Waals surface area contributed by atoms with Crippen molar-refractivity contribution >= 4 is 23.2 Å². The summed E-state index contributed by atoms with van der Waals surface area (Å²) in [5, 5.41) is 2.63. The van der Waals surface area contributed by atoms with Crippen molar-refractivity contribution in [3.63, 3.8) is 0 Å². The number of rotatable bonds is 3. The lowest BCUT2D eigenvalue weighted by Crippen LogP contribution is -2.08. The molecule has 3 aromatic rings. The van der Waals surface area contributed by atoms with Crippen LogP contribution < -0.4 is 11.1 Å². The van der Waals surface area contributed by atoms with Crippen LogP contribution in [0.2, 0.25) is 0 Å². The molecular weight excluding hydrogens is 266 g/mol. The van der Waals surface area contributed by atoms with Gasteiger partial charge >= 0.3 is 0 Å². The Hall–Kier alpha value is -2.89. The van der Waals surface area contributed by atoms with Crippen LogP contribution in [0.25, 0.3) is 5.65 Å². The molecular formula is C15H15N5O. The zero-order valence-corrected chi connectivity index (χ0v) is 11.6. The Bertz CT molecular complexity index is 794. The van der Waals surface area contributed by atoms with E-state index in [4.69, 9.17) is 5.73 Å². The third-order valence-electron chi connectivity index (χ3n) is 3.14. The number of hydrogen-bond acceptors (Lipinski definition) is 4. The van der Waals surface area contributed by atoms with Gasteiger partial charge in [0.05, 0.1) is 18.1 Å². The molecule has 0 aliphatic heterocycles. The molecule has 2 aromatic heterocycles. The Balaban J connectivity index is 1.97. The fourth-order valence-corrected chi connectivity index (χ4v) is 2.19. The number of nitrogens with two attached hydrogens (primary N) is 1. The number of benzene rings is 1. The molecule has 2 heterocycles. The van der Waals surface area contributed by atoms with E-state index in [1.165, 1.54) is 6.92 Å². The van der Waals surface area contributed by atoms with Crippen LogP contribution in [0.3, 0.4) is 0 Å². The van der Waals surface area contributed by atoms with Crippen LogP contribution in [0.4, 0.5) is 11.6 Å². The molecule has 0 aliphatic rings. The van der Waals surface area contributed by atoms with Crippen molar-refractivity contribution in [3.05, 3.63) is 54.0 Å². The molecule has 6 heteroatoms. The van der Waals surface area contributed by atoms with Crippen molar-refractivity contribution in [3.8, 4) is 0 Å². The molecule has 106 valence electrons. The first-order valence-electron chi connectivity index (χ1n) is 6.57. The number of anilines is 2. The van der Waals surface area contributed by atoms with Crippen LogP contribution >= 0.6 is 0 Å². The Labute approximate surface area is 121 Å². The number of carbonyl (C=O) groups excluding carboxylic acids is 1. The molecule has 0 atom stereocenters. The van der Waals surface area contributed by atoms with Gasteiger partial charge in [0.15, 0.2) is 5.65 Å². The highest BCUT2D eigenvalue weighted by Crippen LogP contribution is 2.19. The molecule has 6 nitrogen and oxygen atoms in total. The summed E-state index contributed by atoms with van der Waals surface area (Å²) in [5.41, 5.74) is 8.74. The lowest BCUT2D eigenvalue weighted by molar-refractivity contribution is -0.114. The molecule has 0 bridgehead atoms. The Morgan fingerprint density at radius 3 is 2.81 bits per heavy atom. The molecule has 3 N–H and O–H groups in total. The van der Waals surface area contributed by atoms with E-state index in [2.05, 4.69) is 15.3 Å². The molecule has 3 rings (SSSR count). The Kier molecular flexibility index (Phi) is 3.27. The zero-order valence-electron chi connectivity index (χ0n) is 11.6. The van der Waals surface area contributed by atoms with E-state index in [-0.39, 0.29) is 5.91 Å². The van der Waals surface area contributed by atoms with E-state index in [0.717, 1.165) is 11.3 Å². The number of amides is 1. The highest BCUT2D eigenvalue weighted by atomic mass is 16.1. The number of nitrogen functional groups attached to an aromatic ring is 1. The molecule has 1 aromatic carbocycles. The van der Waals surface area contributed by atoms with Gasteiger partial charge in [-0.2, -0.15) is 0 Å². The number of aromatic nitrogens is 3. The van der Waals surface area contributed by atoms with Crippen LogP contribution in [0, 0.1) is 0 Å². The van der Waals surface area contributed by atoms with E-state index in [1.54, 1.807) is 16.8 Å². The largest absolute Gasteiger partial charge is 0.383 e. The smallest absolute Gasteiger partial charge is 0.222 e. The van der Waals surface area contributed by atoms with E-state index in [9.17, 15) is 4.79 Å². The standard InChI is InChI=1S/C15H15N5O/c1-10(21)18-13-9-20-14(8-17-13)19-12(15(20)16)7-11-5-3-2-4-6-11/h2-6,8-9H,7,16H2,1H3,(H,18,21). The van der Waals surface area contributed by atoms with Crippen LogP contribution in [0.15, 0.2) is 42.7 Å². The highest BCUT2D eigenvalue weighted by Gasteiger charge is 2.11. The van der Waals surface area contributed by atoms with Crippen molar-refractivity contribution < 1.29 is 4.79 Å². The summed E-state index contributed by atoms with van der Waals surface area (Å²) in [6, 6.07) is 10.0. The predicted molar refractivity (Wildman–Crippen MR) is 81.0 cm³/mol. The average molecular weight is 281 g/mol. The monoisotopic (exact) mass is 281 g/mol. The average Bonchev–Trinajstić information content (AvgIpc) is 2.76. The van der Waals surface area contributed by atoms with E-state index < -0.39 is 0 Å². The van der Waals surface area contributed by atoms with Gasteiger partial charge < -0.3 is 11.1 Å². The Morgan fingerprint density at radius 1 is 1.33 bits per heavy atom. The summed E-state index contributed by atoms with van der Waals surface area (Å²) in [6.45, 7) is 1.43. The second-order valence-corrected chi connectivity index (χ2v) is 4.79. The van der Waals surface area contributed by atoms with Crippen molar-refractivity contribution in [1.82, 2.24) is 14.4 Å². The van der Waals surface area contributed by atoms with Gasteiger partial charge in [-0.05, 0) is 5.56 Å². The molecule has 21 heavy (non-hydrogen) atoms. The van der Waals surface area contributed by atoms with Crippen molar-refractivity contribution in [2.45, 2.75) is 13.3 Å². The normalized spacial score (nSPS) is 10.7. The van der Waals surface area contributed by atoms with Gasteiger partial charge in [0.1, 0.15) is 11.6 Å². The number of imidazole rings is 1. The maximum Gasteiger partial charge on any atom is 0.222 e. The molecule has 0 unspecified atom stereocenters. The number of nitrogens with one attached hydrogen (secondary N) is 1. The van der Waals surface area contributed by atoms with Gasteiger partial charge in [-0.3, -0.25) is 9.20 Å². The second kappa shape index (κ2) is 5.24. The summed E-state index contributed by atoms with van der Waals surface area (Å²) < 4.78 is 1.73. The topological polar surface area (TPSA) is 85.3 Å². The number of carbonyl (C=O) groups is 1. The first kappa shape index (κ1) is 13.1. The molecule has 1 amide bonds. The Morgan fingerprint density at radius 2 is 2.10 bits per heavy atom. The number of nitrogens with zero attached hydrogens (tertiary/aromatic N) is 3. The summed E-state index contributed by atoms with van der Waals surface area (Å²) >= 11 is 0. The first-order valence-corrected chi connectivity index (χ1v) is 6.57. The fraction of sp³-hybridized carbons (Fsp3) is 0.133. The van der Waals surface area contributed by atoms with Gasteiger partial charge in [-0.1, -0.05) is 30.3 Å². The minimum Gasteiger partial charge on any atom is -0.383 e. The summed E-state index contributed by atoms with van der Waals surface area (Å²) in [4.78, 5) is 19.7. The molecule has 0 spiro atoms. The SMILES string of the molecule is CC(=O)Nc1cn2c(N)c(Cc3ccccc3)nc2cn1.